The molecule has 2 nitrogen and oxygen atoms in total. The molecule has 1 aliphatic rings. The minimum Gasteiger partial charge on any atom is -0.305 e. The molecule has 0 bridgehead atoms. The normalized spacial score (nSPS) is 22.9. The topological polar surface area (TPSA) is 24.4 Å². The Hall–Kier alpha value is -0.530. The van der Waals surface area contributed by atoms with Gasteiger partial charge in [0.1, 0.15) is 0 Å². The second-order valence-corrected chi connectivity index (χ2v) is 5.45. The molecule has 76 valence electrons. The zero-order valence-electron chi connectivity index (χ0n) is 9.52. The Labute approximate surface area is 81.8 Å². The summed E-state index contributed by atoms with van der Waals surface area (Å²) in [5.41, 5.74) is 4.62. The molecule has 0 aromatic rings. The van der Waals surface area contributed by atoms with E-state index in [1.54, 1.807) is 0 Å². The van der Waals surface area contributed by atoms with Crippen LogP contribution in [0.5, 0.6) is 0 Å². The van der Waals surface area contributed by atoms with Crippen molar-refractivity contribution in [1.29, 1.82) is 0 Å². The first-order valence-corrected chi connectivity index (χ1v) is 5.21. The molecule has 0 spiro atoms. The Kier molecular flexibility index (Phi) is 2.99. The Morgan fingerprint density at radius 3 is 2.23 bits per heavy atom. The van der Waals surface area contributed by atoms with Gasteiger partial charge in [-0.05, 0) is 45.4 Å². The van der Waals surface area contributed by atoms with Gasteiger partial charge in [-0.3, -0.25) is 0 Å². The van der Waals surface area contributed by atoms with Crippen LogP contribution in [0.4, 0.5) is 0 Å². The van der Waals surface area contributed by atoms with E-state index in [1.165, 1.54) is 18.6 Å². The predicted molar refractivity (Wildman–Crippen MR) is 57.9 cm³/mol. The molecule has 1 aliphatic carbocycles. The van der Waals surface area contributed by atoms with Gasteiger partial charge in [-0.2, -0.15) is 5.10 Å². The number of nitrogens with zero attached hydrogens (tertiary/aromatic N) is 1. The zero-order chi connectivity index (χ0) is 10.1. The SMILES string of the molecule is CC(C)C1CC(=NNC(C)(C)C)C1. The van der Waals surface area contributed by atoms with Gasteiger partial charge in [-0.15, -0.1) is 0 Å². The quantitative estimate of drug-likeness (QED) is 0.652. The van der Waals surface area contributed by atoms with Gasteiger partial charge < -0.3 is 5.43 Å². The van der Waals surface area contributed by atoms with E-state index in [0.29, 0.717) is 0 Å². The molecule has 0 atom stereocenters. The zero-order valence-corrected chi connectivity index (χ0v) is 9.52. The fraction of sp³-hybridized carbons (Fsp3) is 0.909. The highest BCUT2D eigenvalue weighted by Gasteiger charge is 2.27. The molecule has 0 aromatic carbocycles. The Morgan fingerprint density at radius 1 is 1.31 bits per heavy atom. The molecule has 2 heteroatoms. The second kappa shape index (κ2) is 3.69. The van der Waals surface area contributed by atoms with E-state index in [0.717, 1.165) is 11.8 Å². The summed E-state index contributed by atoms with van der Waals surface area (Å²) in [7, 11) is 0. The first-order valence-electron chi connectivity index (χ1n) is 5.21. The second-order valence-electron chi connectivity index (χ2n) is 5.45. The van der Waals surface area contributed by atoms with Crippen molar-refractivity contribution < 1.29 is 0 Å². The monoisotopic (exact) mass is 182 g/mol. The van der Waals surface area contributed by atoms with E-state index in [4.69, 9.17) is 0 Å². The lowest BCUT2D eigenvalue weighted by Gasteiger charge is -2.32. The number of hydrogen-bond acceptors (Lipinski definition) is 2. The van der Waals surface area contributed by atoms with Gasteiger partial charge in [0.25, 0.3) is 0 Å². The van der Waals surface area contributed by atoms with Crippen LogP contribution in [0, 0.1) is 11.8 Å². The minimum atomic E-state index is 0.107. The number of rotatable bonds is 2. The maximum Gasteiger partial charge on any atom is 0.0464 e. The van der Waals surface area contributed by atoms with Crippen LogP contribution >= 0.6 is 0 Å². The summed E-state index contributed by atoms with van der Waals surface area (Å²) in [5.74, 6) is 1.69. The van der Waals surface area contributed by atoms with Gasteiger partial charge in [-0.25, -0.2) is 0 Å². The molecule has 0 aliphatic heterocycles. The standard InChI is InChI=1S/C11H22N2/c1-8(2)9-6-10(7-9)12-13-11(3,4)5/h8-9,13H,6-7H2,1-5H3. The Balaban J connectivity index is 2.27. The molecule has 1 N–H and O–H groups in total. The highest BCUT2D eigenvalue weighted by molar-refractivity contribution is 5.89. The molecule has 13 heavy (non-hydrogen) atoms. The number of hydrazone groups is 1. The van der Waals surface area contributed by atoms with E-state index in [1.807, 2.05) is 0 Å². The molecule has 0 saturated heterocycles. The van der Waals surface area contributed by atoms with E-state index < -0.39 is 0 Å². The molecule has 0 amide bonds. The molecule has 1 fully saturated rings. The van der Waals surface area contributed by atoms with Crippen LogP contribution in [-0.2, 0) is 0 Å². The van der Waals surface area contributed by atoms with Gasteiger partial charge in [0.15, 0.2) is 0 Å². The van der Waals surface area contributed by atoms with Crippen molar-refractivity contribution in [3.8, 4) is 0 Å². The average Bonchev–Trinajstić information content (AvgIpc) is 1.79. The number of nitrogens with one attached hydrogen (secondary N) is 1. The van der Waals surface area contributed by atoms with Gasteiger partial charge in [0.2, 0.25) is 0 Å². The lowest BCUT2D eigenvalue weighted by Crippen LogP contribution is -2.36. The summed E-state index contributed by atoms with van der Waals surface area (Å²) >= 11 is 0. The lowest BCUT2D eigenvalue weighted by molar-refractivity contribution is 0.355. The van der Waals surface area contributed by atoms with Crippen LogP contribution in [0.15, 0.2) is 5.10 Å². The van der Waals surface area contributed by atoms with Gasteiger partial charge in [0.05, 0.1) is 0 Å². The van der Waals surface area contributed by atoms with Crippen molar-refractivity contribution >= 4 is 5.71 Å². The summed E-state index contributed by atoms with van der Waals surface area (Å²) < 4.78 is 0. The van der Waals surface area contributed by atoms with Crippen molar-refractivity contribution in [3.05, 3.63) is 0 Å². The average molecular weight is 182 g/mol. The maximum atomic E-state index is 4.40. The first-order chi connectivity index (χ1) is 5.88. The first kappa shape index (κ1) is 10.6. The summed E-state index contributed by atoms with van der Waals surface area (Å²) in [4.78, 5) is 0. The number of hydrogen-bond donors (Lipinski definition) is 1. The van der Waals surface area contributed by atoms with E-state index in [2.05, 4.69) is 45.1 Å². The van der Waals surface area contributed by atoms with Crippen molar-refractivity contribution in [2.24, 2.45) is 16.9 Å². The Bertz CT molecular complexity index is 191. The fourth-order valence-corrected chi connectivity index (χ4v) is 1.35. The molecule has 0 aromatic heterocycles. The Morgan fingerprint density at radius 2 is 1.85 bits per heavy atom. The third kappa shape index (κ3) is 3.37. The molecular weight excluding hydrogens is 160 g/mol. The smallest absolute Gasteiger partial charge is 0.0464 e. The van der Waals surface area contributed by atoms with E-state index in [-0.39, 0.29) is 5.54 Å². The lowest BCUT2D eigenvalue weighted by atomic mass is 9.76. The van der Waals surface area contributed by atoms with Crippen LogP contribution < -0.4 is 5.43 Å². The van der Waals surface area contributed by atoms with Crippen LogP contribution in [0.3, 0.4) is 0 Å². The van der Waals surface area contributed by atoms with Gasteiger partial charge >= 0.3 is 0 Å². The van der Waals surface area contributed by atoms with Crippen molar-refractivity contribution in [1.82, 2.24) is 5.43 Å². The van der Waals surface area contributed by atoms with Crippen molar-refractivity contribution in [3.63, 3.8) is 0 Å². The summed E-state index contributed by atoms with van der Waals surface area (Å²) in [5, 5.41) is 4.40. The van der Waals surface area contributed by atoms with E-state index in [9.17, 15) is 0 Å². The molecule has 1 saturated carbocycles. The van der Waals surface area contributed by atoms with Gasteiger partial charge in [-0.1, -0.05) is 13.8 Å². The molecule has 0 heterocycles. The maximum absolute atomic E-state index is 4.40. The predicted octanol–water partition coefficient (Wildman–Crippen LogP) is 2.80. The summed E-state index contributed by atoms with van der Waals surface area (Å²) in [6, 6.07) is 0. The van der Waals surface area contributed by atoms with Gasteiger partial charge in [0, 0.05) is 11.3 Å². The third-order valence-electron chi connectivity index (χ3n) is 2.49. The summed E-state index contributed by atoms with van der Waals surface area (Å²) in [6.45, 7) is 11.0. The minimum absolute atomic E-state index is 0.107. The van der Waals surface area contributed by atoms with Crippen LogP contribution in [0.25, 0.3) is 0 Å². The third-order valence-corrected chi connectivity index (χ3v) is 2.49. The van der Waals surface area contributed by atoms with Crippen LogP contribution in [0.2, 0.25) is 0 Å². The van der Waals surface area contributed by atoms with E-state index >= 15 is 0 Å². The molecule has 1 rings (SSSR count). The molecular formula is C11H22N2. The van der Waals surface area contributed by atoms with Crippen molar-refractivity contribution in [2.45, 2.75) is 53.0 Å². The molecule has 0 unspecified atom stereocenters. The fourth-order valence-electron chi connectivity index (χ4n) is 1.35. The largest absolute Gasteiger partial charge is 0.305 e. The van der Waals surface area contributed by atoms with Crippen LogP contribution in [-0.4, -0.2) is 11.3 Å². The van der Waals surface area contributed by atoms with Crippen LogP contribution in [0.1, 0.15) is 47.5 Å². The highest BCUT2D eigenvalue weighted by Crippen LogP contribution is 2.30. The molecule has 0 radical (unpaired) electrons. The van der Waals surface area contributed by atoms with Crippen molar-refractivity contribution in [2.75, 3.05) is 0 Å². The highest BCUT2D eigenvalue weighted by atomic mass is 15.3. The summed E-state index contributed by atoms with van der Waals surface area (Å²) in [6.07, 6.45) is 2.39.